The van der Waals surface area contributed by atoms with Gasteiger partial charge in [0.2, 0.25) is 0 Å². The van der Waals surface area contributed by atoms with Crippen LogP contribution in [0, 0.1) is 19.8 Å². The average molecular weight is 420 g/mol. The molecule has 0 unspecified atom stereocenters. The van der Waals surface area contributed by atoms with Crippen molar-refractivity contribution in [2.75, 3.05) is 18.8 Å². The maximum absolute atomic E-state index is 12.2. The van der Waals surface area contributed by atoms with Crippen molar-refractivity contribution in [2.24, 2.45) is 5.92 Å². The summed E-state index contributed by atoms with van der Waals surface area (Å²) in [7, 11) is 0. The summed E-state index contributed by atoms with van der Waals surface area (Å²) < 4.78 is 11.4. The second-order valence-corrected chi connectivity index (χ2v) is 9.02. The molecule has 7 heteroatoms. The van der Waals surface area contributed by atoms with Gasteiger partial charge in [-0.15, -0.1) is 0 Å². The number of hydrogen-bond acceptors (Lipinski definition) is 6. The summed E-state index contributed by atoms with van der Waals surface area (Å²) >= 11 is 6.78. The zero-order valence-electron chi connectivity index (χ0n) is 16.4. The fourth-order valence-electron chi connectivity index (χ4n) is 3.21. The minimum absolute atomic E-state index is 0.0397. The van der Waals surface area contributed by atoms with E-state index in [1.54, 1.807) is 0 Å². The van der Waals surface area contributed by atoms with Gasteiger partial charge < -0.3 is 14.1 Å². The molecule has 2 aromatic rings. The minimum atomic E-state index is -0.448. The highest BCUT2D eigenvalue weighted by Gasteiger charge is 2.19. The van der Waals surface area contributed by atoms with Gasteiger partial charge in [-0.25, -0.2) is 4.79 Å². The molecule has 0 spiro atoms. The van der Waals surface area contributed by atoms with Gasteiger partial charge >= 0.3 is 11.6 Å². The van der Waals surface area contributed by atoms with E-state index in [2.05, 4.69) is 11.8 Å². The number of fused-ring (bicyclic) bond motifs is 1. The molecule has 0 saturated carbocycles. The zero-order valence-corrected chi connectivity index (χ0v) is 18.1. The lowest BCUT2D eigenvalue weighted by Crippen LogP contribution is -2.35. The van der Waals surface area contributed by atoms with Gasteiger partial charge in [-0.05, 0) is 55.9 Å². The van der Waals surface area contributed by atoms with E-state index < -0.39 is 5.63 Å². The Morgan fingerprint density at radius 3 is 2.64 bits per heavy atom. The third-order valence-electron chi connectivity index (χ3n) is 5.19. The molecule has 1 aliphatic rings. The summed E-state index contributed by atoms with van der Waals surface area (Å²) in [5, 5.41) is 0.793. The summed E-state index contributed by atoms with van der Waals surface area (Å²) in [4.78, 5) is 26.2. The van der Waals surface area contributed by atoms with Crippen molar-refractivity contribution in [1.82, 2.24) is 4.90 Å². The molecule has 0 aliphatic carbocycles. The van der Waals surface area contributed by atoms with Crippen molar-refractivity contribution in [3.8, 4) is 0 Å². The molecule has 2 heterocycles. The van der Waals surface area contributed by atoms with Crippen LogP contribution in [0.1, 0.15) is 36.5 Å². The zero-order chi connectivity index (χ0) is 20.3. The molecule has 1 aromatic carbocycles. The lowest BCUT2D eigenvalue weighted by atomic mass is 10.00. The maximum atomic E-state index is 12.2. The Labute approximate surface area is 174 Å². The monoisotopic (exact) mass is 419 g/mol. The van der Waals surface area contributed by atoms with Crippen molar-refractivity contribution in [1.29, 1.82) is 0 Å². The minimum Gasteiger partial charge on any atom is -0.460 e. The molecule has 0 atom stereocenters. The Morgan fingerprint density at radius 2 is 1.93 bits per heavy atom. The van der Waals surface area contributed by atoms with Gasteiger partial charge in [-0.3, -0.25) is 4.79 Å². The molecule has 5 nitrogen and oxygen atoms in total. The van der Waals surface area contributed by atoms with Crippen LogP contribution in [0.4, 0.5) is 0 Å². The van der Waals surface area contributed by atoms with Gasteiger partial charge in [0.25, 0.3) is 0 Å². The first-order chi connectivity index (χ1) is 13.3. The maximum Gasteiger partial charge on any atom is 0.336 e. The SMILES string of the molecule is Cc1cc2oc(=O)cc(COC(=O)CSC(=S)N3CCC(C)CC3)c2cc1C. The molecule has 28 heavy (non-hydrogen) atoms. The van der Waals surface area contributed by atoms with Gasteiger partial charge in [0.1, 0.15) is 16.5 Å². The fourth-order valence-corrected chi connectivity index (χ4v) is 4.25. The highest BCUT2D eigenvalue weighted by atomic mass is 32.2. The topological polar surface area (TPSA) is 59.8 Å². The van der Waals surface area contributed by atoms with Crippen molar-refractivity contribution in [3.05, 3.63) is 45.3 Å². The van der Waals surface area contributed by atoms with Crippen LogP contribution in [0.15, 0.2) is 27.4 Å². The normalized spacial score (nSPS) is 15.0. The highest BCUT2D eigenvalue weighted by Crippen LogP contribution is 2.23. The first-order valence-corrected chi connectivity index (χ1v) is 10.8. The van der Waals surface area contributed by atoms with Gasteiger partial charge in [-0.2, -0.15) is 0 Å². The first kappa shape index (κ1) is 20.9. The predicted molar refractivity (Wildman–Crippen MR) is 117 cm³/mol. The molecule has 1 aromatic heterocycles. The lowest BCUT2D eigenvalue weighted by molar-refractivity contribution is -0.141. The number of piperidine rings is 1. The molecule has 0 bridgehead atoms. The molecule has 1 saturated heterocycles. The summed E-state index contributed by atoms with van der Waals surface area (Å²) in [6.07, 6.45) is 2.27. The fraction of sp³-hybridized carbons (Fsp3) is 0.476. The Morgan fingerprint density at radius 1 is 1.25 bits per heavy atom. The van der Waals surface area contributed by atoms with E-state index in [1.165, 1.54) is 17.8 Å². The van der Waals surface area contributed by atoms with E-state index in [0.29, 0.717) is 11.1 Å². The molecule has 150 valence electrons. The van der Waals surface area contributed by atoms with Gasteiger partial charge in [0, 0.05) is 30.1 Å². The van der Waals surface area contributed by atoms with Crippen LogP contribution in [-0.4, -0.2) is 34.0 Å². The van der Waals surface area contributed by atoms with Crippen LogP contribution in [0.5, 0.6) is 0 Å². The van der Waals surface area contributed by atoms with Crippen molar-refractivity contribution < 1.29 is 13.9 Å². The molecule has 0 N–H and O–H groups in total. The third-order valence-corrected chi connectivity index (χ3v) is 6.69. The number of thiocarbonyl (C=S) groups is 1. The van der Waals surface area contributed by atoms with E-state index in [0.717, 1.165) is 52.7 Å². The number of hydrogen-bond donors (Lipinski definition) is 0. The smallest absolute Gasteiger partial charge is 0.336 e. The molecule has 1 fully saturated rings. The molecule has 0 amide bonds. The van der Waals surface area contributed by atoms with Crippen LogP contribution in [0.25, 0.3) is 11.0 Å². The largest absolute Gasteiger partial charge is 0.460 e. The Hall–Kier alpha value is -1.86. The Kier molecular flexibility index (Phi) is 6.78. The lowest BCUT2D eigenvalue weighted by Gasteiger charge is -2.31. The molecule has 3 rings (SSSR count). The van der Waals surface area contributed by atoms with Crippen molar-refractivity contribution >= 4 is 45.2 Å². The second kappa shape index (κ2) is 9.09. The van der Waals surface area contributed by atoms with E-state index >= 15 is 0 Å². The number of thioether (sulfide) groups is 1. The van der Waals surface area contributed by atoms with Crippen molar-refractivity contribution in [2.45, 2.75) is 40.2 Å². The quantitative estimate of drug-likeness (QED) is 0.418. The first-order valence-electron chi connectivity index (χ1n) is 9.45. The van der Waals surface area contributed by atoms with E-state index in [1.807, 2.05) is 26.0 Å². The van der Waals surface area contributed by atoms with Gasteiger partial charge in [0.15, 0.2) is 0 Å². The summed E-state index contributed by atoms with van der Waals surface area (Å²) in [5.41, 5.74) is 2.85. The van der Waals surface area contributed by atoms with E-state index in [9.17, 15) is 9.59 Å². The van der Waals surface area contributed by atoms with Gasteiger partial charge in [-0.1, -0.05) is 30.9 Å². The number of rotatable bonds is 4. The average Bonchev–Trinajstić information content (AvgIpc) is 2.66. The third kappa shape index (κ3) is 5.14. The predicted octanol–water partition coefficient (Wildman–Crippen LogP) is 4.20. The number of carbonyl (C=O) groups is 1. The van der Waals surface area contributed by atoms with Gasteiger partial charge in [0.05, 0.1) is 5.75 Å². The van der Waals surface area contributed by atoms with Crippen LogP contribution in [-0.2, 0) is 16.1 Å². The number of esters is 1. The van der Waals surface area contributed by atoms with Crippen LogP contribution in [0.3, 0.4) is 0 Å². The van der Waals surface area contributed by atoms with E-state index in [4.69, 9.17) is 21.4 Å². The van der Waals surface area contributed by atoms with Crippen LogP contribution >= 0.6 is 24.0 Å². The molecular formula is C21H25NO4S2. The number of benzene rings is 1. The molecule has 0 radical (unpaired) electrons. The summed E-state index contributed by atoms with van der Waals surface area (Å²) in [6, 6.07) is 5.18. The summed E-state index contributed by atoms with van der Waals surface area (Å²) in [6.45, 7) is 8.15. The number of likely N-dealkylation sites (tertiary alicyclic amines) is 1. The van der Waals surface area contributed by atoms with Crippen molar-refractivity contribution in [3.63, 3.8) is 0 Å². The molecular weight excluding hydrogens is 394 g/mol. The summed E-state index contributed by atoms with van der Waals surface area (Å²) in [5.74, 6) is 0.560. The molecule has 1 aliphatic heterocycles. The Balaban J connectivity index is 1.58. The number of nitrogens with zero attached hydrogens (tertiary/aromatic N) is 1. The number of ether oxygens (including phenoxy) is 1. The number of aryl methyl sites for hydroxylation is 2. The Bertz CT molecular complexity index is 945. The second-order valence-electron chi connectivity index (χ2n) is 7.41. The highest BCUT2D eigenvalue weighted by molar-refractivity contribution is 8.23. The standard InChI is InChI=1S/C21H25NO4S2/c1-13-4-6-22(7-5-13)21(27)28-12-20(24)25-11-16-10-19(23)26-18-9-15(3)14(2)8-17(16)18/h8-10,13H,4-7,11-12H2,1-3H3. The number of carbonyl (C=O) groups excluding carboxylic acids is 1. The van der Waals surface area contributed by atoms with Crippen LogP contribution < -0.4 is 5.63 Å². The van der Waals surface area contributed by atoms with E-state index in [-0.39, 0.29) is 18.3 Å². The van der Waals surface area contributed by atoms with Crippen LogP contribution in [0.2, 0.25) is 0 Å².